The fourth-order valence-electron chi connectivity index (χ4n) is 3.51. The zero-order chi connectivity index (χ0) is 20.8. The van der Waals surface area contributed by atoms with Gasteiger partial charge in [-0.15, -0.1) is 0 Å². The predicted molar refractivity (Wildman–Crippen MR) is 115 cm³/mol. The van der Waals surface area contributed by atoms with Crippen molar-refractivity contribution in [3.8, 4) is 5.75 Å². The molecular weight excluding hydrogens is 366 g/mol. The number of hydrogen-bond donors (Lipinski definition) is 2. The monoisotopic (exact) mass is 399 g/mol. The van der Waals surface area contributed by atoms with E-state index in [9.17, 15) is 0 Å². The van der Waals surface area contributed by atoms with E-state index in [4.69, 9.17) is 9.47 Å². The maximum absolute atomic E-state index is 6.14. The van der Waals surface area contributed by atoms with E-state index in [2.05, 4.69) is 52.8 Å². The van der Waals surface area contributed by atoms with E-state index in [1.165, 1.54) is 11.1 Å². The van der Waals surface area contributed by atoms with Crippen molar-refractivity contribution in [1.29, 1.82) is 0 Å². The lowest BCUT2D eigenvalue weighted by atomic mass is 10.1. The first kappa shape index (κ1) is 21.2. The Balaban J connectivity index is 1.58. The lowest BCUT2D eigenvalue weighted by Gasteiger charge is -2.17. The smallest absolute Gasteiger partial charge is 0.191 e. The summed E-state index contributed by atoms with van der Waals surface area (Å²) in [5, 5.41) is 11.3. The average Bonchev–Trinajstić information content (AvgIpc) is 3.30. The molecule has 0 amide bonds. The molecule has 0 aliphatic carbocycles. The average molecular weight is 400 g/mol. The third kappa shape index (κ3) is 5.50. The van der Waals surface area contributed by atoms with Gasteiger partial charge >= 0.3 is 0 Å². The minimum Gasteiger partial charge on any atom is -0.493 e. The summed E-state index contributed by atoms with van der Waals surface area (Å²) in [5.74, 6) is 2.17. The molecule has 2 N–H and O–H groups in total. The van der Waals surface area contributed by atoms with Crippen LogP contribution in [-0.2, 0) is 24.9 Å². The second-order valence-corrected chi connectivity index (χ2v) is 7.70. The maximum atomic E-state index is 6.14. The summed E-state index contributed by atoms with van der Waals surface area (Å²) in [7, 11) is 3.75. The quantitative estimate of drug-likeness (QED) is 0.553. The molecule has 7 nitrogen and oxygen atoms in total. The summed E-state index contributed by atoms with van der Waals surface area (Å²) in [6, 6.07) is 6.33. The Morgan fingerprint density at radius 2 is 2.07 bits per heavy atom. The molecule has 29 heavy (non-hydrogen) atoms. The van der Waals surface area contributed by atoms with Gasteiger partial charge in [-0.25, -0.2) is 0 Å². The number of aromatic nitrogens is 2. The van der Waals surface area contributed by atoms with E-state index in [0.29, 0.717) is 25.6 Å². The first-order valence-corrected chi connectivity index (χ1v) is 10.2. The number of hydrogen-bond acceptors (Lipinski definition) is 4. The van der Waals surface area contributed by atoms with E-state index in [1.807, 2.05) is 18.7 Å². The van der Waals surface area contributed by atoms with Gasteiger partial charge in [0.2, 0.25) is 0 Å². The summed E-state index contributed by atoms with van der Waals surface area (Å²) in [5.41, 5.74) is 5.71. The highest BCUT2D eigenvalue weighted by molar-refractivity contribution is 5.79. The highest BCUT2D eigenvalue weighted by atomic mass is 16.5. The molecule has 1 aromatic carbocycles. The lowest BCUT2D eigenvalue weighted by molar-refractivity contribution is 0.166. The molecule has 1 fully saturated rings. The number of nitrogens with zero attached hydrogens (tertiary/aromatic N) is 3. The Kier molecular flexibility index (Phi) is 7.14. The van der Waals surface area contributed by atoms with Crippen LogP contribution in [0.5, 0.6) is 5.75 Å². The van der Waals surface area contributed by atoms with Crippen molar-refractivity contribution in [3.63, 3.8) is 0 Å². The minimum absolute atomic E-state index is 0.483. The van der Waals surface area contributed by atoms with Gasteiger partial charge in [-0.05, 0) is 38.8 Å². The SMILES string of the molecule is CN=C(NCc1ccc(C)cc1OCC1CCOC1)NCc1c(C)nn(C)c1C. The number of aryl methyl sites for hydroxylation is 3. The lowest BCUT2D eigenvalue weighted by Crippen LogP contribution is -2.36. The largest absolute Gasteiger partial charge is 0.493 e. The molecule has 3 rings (SSSR count). The molecule has 1 aliphatic heterocycles. The van der Waals surface area contributed by atoms with Crippen LogP contribution in [-0.4, -0.2) is 42.6 Å². The molecule has 0 radical (unpaired) electrons. The molecule has 0 spiro atoms. The van der Waals surface area contributed by atoms with Crippen molar-refractivity contribution in [1.82, 2.24) is 20.4 Å². The third-order valence-electron chi connectivity index (χ3n) is 5.48. The molecular formula is C22H33N5O2. The first-order chi connectivity index (χ1) is 14.0. The van der Waals surface area contributed by atoms with Crippen LogP contribution in [0.1, 0.15) is 34.5 Å². The Labute approximate surface area is 173 Å². The number of aliphatic imine (C=N–C) groups is 1. The van der Waals surface area contributed by atoms with Gasteiger partial charge in [0.15, 0.2) is 5.96 Å². The van der Waals surface area contributed by atoms with Crippen LogP contribution in [0.15, 0.2) is 23.2 Å². The zero-order valence-corrected chi connectivity index (χ0v) is 18.2. The van der Waals surface area contributed by atoms with Gasteiger partial charge in [0, 0.05) is 56.5 Å². The fraction of sp³-hybridized carbons (Fsp3) is 0.545. The molecule has 1 saturated heterocycles. The number of nitrogens with one attached hydrogen (secondary N) is 2. The molecule has 1 aromatic heterocycles. The van der Waals surface area contributed by atoms with Crippen LogP contribution in [0.25, 0.3) is 0 Å². The summed E-state index contributed by atoms with van der Waals surface area (Å²) in [6.45, 7) is 9.86. The number of guanidine groups is 1. The molecule has 1 unspecified atom stereocenters. The standard InChI is InChI=1S/C22H33N5O2/c1-15-6-7-19(21(10-15)29-14-18-8-9-28-13-18)11-24-22(23-4)25-12-20-16(2)26-27(5)17(20)3/h6-7,10,18H,8-9,11-14H2,1-5H3,(H2,23,24,25). The number of rotatable bonds is 7. The van der Waals surface area contributed by atoms with Crippen molar-refractivity contribution in [2.45, 2.75) is 40.3 Å². The van der Waals surface area contributed by atoms with Crippen LogP contribution in [0, 0.1) is 26.7 Å². The first-order valence-electron chi connectivity index (χ1n) is 10.2. The van der Waals surface area contributed by atoms with E-state index in [-0.39, 0.29) is 0 Å². The van der Waals surface area contributed by atoms with Crippen molar-refractivity contribution in [3.05, 3.63) is 46.3 Å². The van der Waals surface area contributed by atoms with Gasteiger partial charge in [0.05, 0.1) is 18.9 Å². The number of benzene rings is 1. The summed E-state index contributed by atoms with van der Waals surface area (Å²) >= 11 is 0. The van der Waals surface area contributed by atoms with Gasteiger partial charge in [-0.2, -0.15) is 5.10 Å². The summed E-state index contributed by atoms with van der Waals surface area (Å²) in [4.78, 5) is 4.35. The number of ether oxygens (including phenoxy) is 2. The van der Waals surface area contributed by atoms with Gasteiger partial charge in [-0.1, -0.05) is 12.1 Å². The van der Waals surface area contributed by atoms with E-state index < -0.39 is 0 Å². The van der Waals surface area contributed by atoms with Crippen LogP contribution in [0.3, 0.4) is 0 Å². The van der Waals surface area contributed by atoms with Gasteiger partial charge in [0.1, 0.15) is 5.75 Å². The fourth-order valence-corrected chi connectivity index (χ4v) is 3.51. The molecule has 0 bridgehead atoms. The Morgan fingerprint density at radius 1 is 1.28 bits per heavy atom. The zero-order valence-electron chi connectivity index (χ0n) is 18.2. The van der Waals surface area contributed by atoms with Crippen LogP contribution in [0.4, 0.5) is 0 Å². The van der Waals surface area contributed by atoms with Crippen molar-refractivity contribution in [2.24, 2.45) is 18.0 Å². The summed E-state index contributed by atoms with van der Waals surface area (Å²) in [6.07, 6.45) is 1.07. The summed E-state index contributed by atoms with van der Waals surface area (Å²) < 4.78 is 13.5. The molecule has 7 heteroatoms. The maximum Gasteiger partial charge on any atom is 0.191 e. The highest BCUT2D eigenvalue weighted by Gasteiger charge is 2.17. The minimum atomic E-state index is 0.483. The van der Waals surface area contributed by atoms with E-state index >= 15 is 0 Å². The third-order valence-corrected chi connectivity index (χ3v) is 5.48. The Hall–Kier alpha value is -2.54. The van der Waals surface area contributed by atoms with Crippen molar-refractivity contribution in [2.75, 3.05) is 26.9 Å². The second kappa shape index (κ2) is 9.78. The van der Waals surface area contributed by atoms with Crippen LogP contribution < -0.4 is 15.4 Å². The predicted octanol–water partition coefficient (Wildman–Crippen LogP) is 2.63. The van der Waals surface area contributed by atoms with E-state index in [1.54, 1.807) is 7.05 Å². The normalized spacial score (nSPS) is 16.9. The Bertz CT molecular complexity index is 853. The topological polar surface area (TPSA) is 72.7 Å². The van der Waals surface area contributed by atoms with E-state index in [0.717, 1.165) is 48.3 Å². The molecule has 1 aliphatic rings. The van der Waals surface area contributed by atoms with Gasteiger partial charge in [-0.3, -0.25) is 9.67 Å². The molecule has 2 heterocycles. The van der Waals surface area contributed by atoms with Gasteiger partial charge in [0.25, 0.3) is 0 Å². The van der Waals surface area contributed by atoms with Crippen LogP contribution in [0.2, 0.25) is 0 Å². The van der Waals surface area contributed by atoms with Crippen LogP contribution >= 0.6 is 0 Å². The molecule has 0 saturated carbocycles. The highest BCUT2D eigenvalue weighted by Crippen LogP contribution is 2.22. The Morgan fingerprint density at radius 3 is 2.72 bits per heavy atom. The molecule has 2 aromatic rings. The van der Waals surface area contributed by atoms with Crippen molar-refractivity contribution >= 4 is 5.96 Å². The molecule has 1 atom stereocenters. The van der Waals surface area contributed by atoms with Gasteiger partial charge < -0.3 is 20.1 Å². The van der Waals surface area contributed by atoms with Crippen molar-refractivity contribution < 1.29 is 9.47 Å². The second-order valence-electron chi connectivity index (χ2n) is 7.70. The molecule has 158 valence electrons.